The number of nitrogens with two attached hydrogens (primary N) is 1. The summed E-state index contributed by atoms with van der Waals surface area (Å²) in [5, 5.41) is 22.7. The van der Waals surface area contributed by atoms with Gasteiger partial charge in [-0.05, 0) is 43.9 Å². The van der Waals surface area contributed by atoms with Crippen LogP contribution in [-0.2, 0) is 19.1 Å². The third kappa shape index (κ3) is 5.20. The van der Waals surface area contributed by atoms with E-state index in [4.69, 9.17) is 20.6 Å². The molecule has 0 aromatic carbocycles. The summed E-state index contributed by atoms with van der Waals surface area (Å²) in [6.45, 7) is 2.67. The van der Waals surface area contributed by atoms with Crippen LogP contribution in [0.15, 0.2) is 35.3 Å². The van der Waals surface area contributed by atoms with E-state index in [-0.39, 0.29) is 11.4 Å². The Morgan fingerprint density at radius 1 is 1.39 bits per heavy atom. The second kappa shape index (κ2) is 9.52. The number of nitrogens with one attached hydrogen (secondary N) is 3. The zero-order valence-electron chi connectivity index (χ0n) is 16.2. The molecular formula is C19H28N4O5. The number of primary amides is 1. The van der Waals surface area contributed by atoms with Crippen LogP contribution in [0.2, 0.25) is 0 Å². The molecule has 2 amide bonds. The molecule has 9 nitrogen and oxygen atoms in total. The van der Waals surface area contributed by atoms with Gasteiger partial charge in [0, 0.05) is 25.8 Å². The molecule has 0 radical (unpaired) electrons. The quantitative estimate of drug-likeness (QED) is 0.359. The molecule has 2 aliphatic rings. The first-order valence-electron chi connectivity index (χ1n) is 9.15. The fourth-order valence-electron chi connectivity index (χ4n) is 2.81. The molecule has 2 rings (SSSR count). The van der Waals surface area contributed by atoms with E-state index in [0.717, 1.165) is 26.1 Å². The van der Waals surface area contributed by atoms with Crippen LogP contribution in [0.5, 0.6) is 0 Å². The normalized spacial score (nSPS) is 21.4. The van der Waals surface area contributed by atoms with Crippen LogP contribution in [-0.4, -0.2) is 61.6 Å². The van der Waals surface area contributed by atoms with Crippen molar-refractivity contribution in [3.63, 3.8) is 0 Å². The molecule has 0 aromatic heterocycles. The molecule has 154 valence electrons. The maximum Gasteiger partial charge on any atom is 0.268 e. The van der Waals surface area contributed by atoms with E-state index < -0.39 is 24.0 Å². The number of hydrogen-bond donors (Lipinski definition) is 5. The first kappa shape index (κ1) is 21.6. The lowest BCUT2D eigenvalue weighted by molar-refractivity contribution is -0.131. The molecule has 1 fully saturated rings. The van der Waals surface area contributed by atoms with E-state index >= 15 is 0 Å². The van der Waals surface area contributed by atoms with E-state index in [1.54, 1.807) is 18.2 Å². The Bertz CT molecular complexity index is 722. The molecule has 0 spiro atoms. The average molecular weight is 392 g/mol. The van der Waals surface area contributed by atoms with Crippen molar-refractivity contribution in [3.05, 3.63) is 35.3 Å². The Labute approximate surface area is 164 Å². The van der Waals surface area contributed by atoms with Crippen molar-refractivity contribution in [2.75, 3.05) is 33.5 Å². The van der Waals surface area contributed by atoms with Gasteiger partial charge in [0.1, 0.15) is 17.0 Å². The topological polar surface area (TPSA) is 147 Å². The average Bonchev–Trinajstić information content (AvgIpc) is 2.69. The Morgan fingerprint density at radius 3 is 2.64 bits per heavy atom. The Kier molecular flexibility index (Phi) is 7.36. The molecular weight excluding hydrogens is 364 g/mol. The molecule has 1 unspecified atom stereocenters. The monoisotopic (exact) mass is 392 g/mol. The number of allylic oxidation sites excluding steroid dienone is 4. The predicted octanol–water partition coefficient (Wildman–Crippen LogP) is -0.271. The van der Waals surface area contributed by atoms with Gasteiger partial charge in [-0.2, -0.15) is 0 Å². The first-order valence-corrected chi connectivity index (χ1v) is 9.15. The highest BCUT2D eigenvalue weighted by atomic mass is 16.5. The van der Waals surface area contributed by atoms with E-state index in [2.05, 4.69) is 10.6 Å². The SMILES string of the molecule is CN/C(C(=O)NC(C)(CO)C(N)=O)=C1/C=C(OCC2CCOCC2)C=CC1=N. The van der Waals surface area contributed by atoms with Crippen molar-refractivity contribution in [1.82, 2.24) is 10.6 Å². The van der Waals surface area contributed by atoms with Gasteiger partial charge in [0.2, 0.25) is 5.91 Å². The number of likely N-dealkylation sites (N-methyl/N-ethyl adjacent to an activating group) is 1. The van der Waals surface area contributed by atoms with Crippen LogP contribution in [0, 0.1) is 11.3 Å². The van der Waals surface area contributed by atoms with Gasteiger partial charge in [-0.25, -0.2) is 0 Å². The number of rotatable bonds is 8. The van der Waals surface area contributed by atoms with Gasteiger partial charge in [-0.1, -0.05) is 0 Å². The zero-order valence-corrected chi connectivity index (χ0v) is 16.2. The molecule has 0 aromatic rings. The van der Waals surface area contributed by atoms with Gasteiger partial charge in [0.05, 0.1) is 18.9 Å². The number of ether oxygens (including phenoxy) is 2. The molecule has 9 heteroatoms. The molecule has 1 aliphatic heterocycles. The second-order valence-electron chi connectivity index (χ2n) is 7.01. The molecule has 0 bridgehead atoms. The Morgan fingerprint density at radius 2 is 2.07 bits per heavy atom. The van der Waals surface area contributed by atoms with E-state index in [0.29, 0.717) is 23.9 Å². The summed E-state index contributed by atoms with van der Waals surface area (Å²) in [6.07, 6.45) is 6.70. The molecule has 1 heterocycles. The maximum atomic E-state index is 12.7. The second-order valence-corrected chi connectivity index (χ2v) is 7.01. The van der Waals surface area contributed by atoms with Crippen molar-refractivity contribution in [3.8, 4) is 0 Å². The van der Waals surface area contributed by atoms with Crippen molar-refractivity contribution in [1.29, 1.82) is 5.41 Å². The van der Waals surface area contributed by atoms with Gasteiger partial charge in [0.25, 0.3) is 5.91 Å². The van der Waals surface area contributed by atoms with Crippen LogP contribution in [0.3, 0.4) is 0 Å². The standard InChI is InChI=1S/C19H28N4O5/c1-19(11-24,18(21)26)23-17(25)16(22-2)14-9-13(3-4-15(14)20)28-10-12-5-7-27-8-6-12/h3-4,9,12,20,22,24H,5-8,10-11H2,1-2H3,(H2,21,26)(H,23,25)/b16-14-,20-15?. The Balaban J connectivity index is 2.18. The predicted molar refractivity (Wildman–Crippen MR) is 103 cm³/mol. The van der Waals surface area contributed by atoms with Gasteiger partial charge in [-0.15, -0.1) is 0 Å². The van der Waals surface area contributed by atoms with Gasteiger partial charge < -0.3 is 36.4 Å². The van der Waals surface area contributed by atoms with Gasteiger partial charge >= 0.3 is 0 Å². The molecule has 1 saturated heterocycles. The fraction of sp³-hybridized carbons (Fsp3) is 0.526. The summed E-state index contributed by atoms with van der Waals surface area (Å²) in [7, 11) is 1.53. The third-order valence-electron chi connectivity index (χ3n) is 4.81. The third-order valence-corrected chi connectivity index (χ3v) is 4.81. The smallest absolute Gasteiger partial charge is 0.268 e. The van der Waals surface area contributed by atoms with E-state index in [1.165, 1.54) is 14.0 Å². The van der Waals surface area contributed by atoms with Crippen LogP contribution in [0.1, 0.15) is 19.8 Å². The highest BCUT2D eigenvalue weighted by Crippen LogP contribution is 2.21. The number of carbonyl (C=O) groups excluding carboxylic acids is 2. The van der Waals surface area contributed by atoms with Crippen molar-refractivity contribution in [2.24, 2.45) is 11.7 Å². The van der Waals surface area contributed by atoms with E-state index in [9.17, 15) is 14.7 Å². The number of hydrogen-bond acceptors (Lipinski definition) is 7. The fourth-order valence-corrected chi connectivity index (χ4v) is 2.81. The maximum absolute atomic E-state index is 12.7. The summed E-state index contributed by atoms with van der Waals surface area (Å²) in [6, 6.07) is 0. The van der Waals surface area contributed by atoms with Crippen LogP contribution < -0.4 is 16.4 Å². The zero-order chi connectivity index (χ0) is 20.7. The summed E-state index contributed by atoms with van der Waals surface area (Å²) in [5.74, 6) is -0.575. The van der Waals surface area contributed by atoms with Gasteiger partial charge in [0.15, 0.2) is 0 Å². The van der Waals surface area contributed by atoms with Crippen LogP contribution >= 0.6 is 0 Å². The number of carbonyl (C=O) groups is 2. The first-order chi connectivity index (χ1) is 13.3. The number of amides is 2. The lowest BCUT2D eigenvalue weighted by Crippen LogP contribution is -2.58. The molecule has 1 atom stereocenters. The molecule has 0 saturated carbocycles. The van der Waals surface area contributed by atoms with E-state index in [1.807, 2.05) is 0 Å². The highest BCUT2D eigenvalue weighted by Gasteiger charge is 2.33. The molecule has 6 N–H and O–H groups in total. The summed E-state index contributed by atoms with van der Waals surface area (Å²) in [5.41, 5.74) is 4.15. The minimum Gasteiger partial charge on any atom is -0.493 e. The number of aliphatic hydroxyl groups excluding tert-OH is 1. The van der Waals surface area contributed by atoms with Crippen molar-refractivity contribution < 1.29 is 24.2 Å². The minimum absolute atomic E-state index is 0.0717. The lowest BCUT2D eigenvalue weighted by Gasteiger charge is -2.26. The van der Waals surface area contributed by atoms with Crippen LogP contribution in [0.25, 0.3) is 0 Å². The largest absolute Gasteiger partial charge is 0.493 e. The van der Waals surface area contributed by atoms with Gasteiger partial charge in [-0.3, -0.25) is 9.59 Å². The summed E-state index contributed by atoms with van der Waals surface area (Å²) < 4.78 is 11.2. The summed E-state index contributed by atoms with van der Waals surface area (Å²) in [4.78, 5) is 24.2. The minimum atomic E-state index is -1.61. The molecule has 28 heavy (non-hydrogen) atoms. The van der Waals surface area contributed by atoms with Crippen molar-refractivity contribution in [2.45, 2.75) is 25.3 Å². The number of aliphatic hydroxyl groups is 1. The van der Waals surface area contributed by atoms with Crippen molar-refractivity contribution >= 4 is 17.5 Å². The molecule has 1 aliphatic carbocycles. The Hall–Kier alpha value is -2.65. The van der Waals surface area contributed by atoms with Crippen LogP contribution in [0.4, 0.5) is 0 Å². The lowest BCUT2D eigenvalue weighted by atomic mass is 9.99. The highest BCUT2D eigenvalue weighted by molar-refractivity contribution is 6.15. The summed E-state index contributed by atoms with van der Waals surface area (Å²) >= 11 is 0.